The number of anilines is 1. The lowest BCUT2D eigenvalue weighted by atomic mass is 9.88. The molecule has 0 radical (unpaired) electrons. The lowest BCUT2D eigenvalue weighted by molar-refractivity contribution is -0.275. The van der Waals surface area contributed by atoms with E-state index in [4.69, 9.17) is 33.3 Å². The number of nitriles is 1. The third kappa shape index (κ3) is 5.77. The number of carbonyl (C=O) groups excluding carboxylic acids is 1. The fourth-order valence-corrected chi connectivity index (χ4v) is 4.63. The molecule has 0 spiro atoms. The first kappa shape index (κ1) is 28.1. The Bertz CT molecular complexity index is 1490. The number of hydrogen-bond acceptors (Lipinski definition) is 4. The maximum atomic E-state index is 14.8. The van der Waals surface area contributed by atoms with E-state index < -0.39 is 29.9 Å². The molecule has 1 aliphatic heterocycles. The zero-order valence-corrected chi connectivity index (χ0v) is 21.8. The van der Waals surface area contributed by atoms with Crippen molar-refractivity contribution >= 4 is 46.6 Å². The Morgan fingerprint density at radius 2 is 1.77 bits per heavy atom. The predicted molar refractivity (Wildman–Crippen MR) is 141 cm³/mol. The van der Waals surface area contributed by atoms with Gasteiger partial charge in [-0.3, -0.25) is 4.79 Å². The number of carbonyl (C=O) groups is 1. The molecule has 1 atom stereocenters. The summed E-state index contributed by atoms with van der Waals surface area (Å²) in [7, 11) is 0. The number of amides is 1. The van der Waals surface area contributed by atoms with Gasteiger partial charge in [0.25, 0.3) is 11.5 Å². The number of alkyl halides is 3. The molecule has 1 aliphatic rings. The van der Waals surface area contributed by atoms with Crippen LogP contribution in [0.2, 0.25) is 10.0 Å². The summed E-state index contributed by atoms with van der Waals surface area (Å²) < 4.78 is 57.3. The third-order valence-electron chi connectivity index (χ3n) is 6.09. The highest BCUT2D eigenvalue weighted by atomic mass is 35.5. The minimum atomic E-state index is -4.84. The van der Waals surface area contributed by atoms with Crippen molar-refractivity contribution in [3.05, 3.63) is 105 Å². The summed E-state index contributed by atoms with van der Waals surface area (Å²) >= 11 is 11.9. The largest absolute Gasteiger partial charge is 0.435 e. The van der Waals surface area contributed by atoms with Gasteiger partial charge in [-0.15, -0.1) is 0 Å². The van der Waals surface area contributed by atoms with E-state index >= 15 is 0 Å². The maximum absolute atomic E-state index is 14.8. The van der Waals surface area contributed by atoms with Crippen LogP contribution in [-0.2, 0) is 10.4 Å². The Hall–Kier alpha value is -3.87. The first-order chi connectivity index (χ1) is 18.5. The lowest BCUT2D eigenvalue weighted by Crippen LogP contribution is -2.42. The molecule has 5 nitrogen and oxygen atoms in total. The van der Waals surface area contributed by atoms with Gasteiger partial charge < -0.3 is 9.74 Å². The molecule has 0 fully saturated rings. The van der Waals surface area contributed by atoms with Crippen molar-refractivity contribution in [1.29, 1.82) is 5.26 Å². The molecular formula is C28H19Cl2F4N3O2. The molecule has 200 valence electrons. The monoisotopic (exact) mass is 575 g/mol. The third-order valence-corrected chi connectivity index (χ3v) is 6.52. The van der Waals surface area contributed by atoms with Gasteiger partial charge in [-0.1, -0.05) is 40.5 Å². The number of benzene rings is 3. The molecular weight excluding hydrogens is 557 g/mol. The van der Waals surface area contributed by atoms with E-state index in [-0.39, 0.29) is 39.1 Å². The zero-order valence-electron chi connectivity index (χ0n) is 20.3. The fourth-order valence-electron chi connectivity index (χ4n) is 4.10. The Balaban J connectivity index is 1.59. The quantitative estimate of drug-likeness (QED) is 0.280. The second-order valence-electron chi connectivity index (χ2n) is 8.62. The van der Waals surface area contributed by atoms with Crippen LogP contribution in [0.5, 0.6) is 0 Å². The minimum Gasteiger partial charge on any atom is -0.374 e. The molecule has 1 amide bonds. The summed E-state index contributed by atoms with van der Waals surface area (Å²) in [6.07, 6.45) is -2.70. The van der Waals surface area contributed by atoms with Crippen molar-refractivity contribution in [3.8, 4) is 6.07 Å². The molecule has 11 heteroatoms. The van der Waals surface area contributed by atoms with Crippen LogP contribution in [0.15, 0.2) is 71.9 Å². The standard InChI is InChI=1S/C28H19Cl2F4N3O2/c1-2-37(26(38)19-7-3-18(16-35)4-8-19)25-11-17(6-10-24(25)31)5-9-23-15-27(39-36-23,28(32,33)34)20-12-21(29)14-22(30)13-20/h3-14H,2,15H2,1H3/b9-5+. The van der Waals surface area contributed by atoms with Crippen LogP contribution in [0.1, 0.15) is 40.4 Å². The molecule has 0 saturated carbocycles. The van der Waals surface area contributed by atoms with Crippen LogP contribution in [0.4, 0.5) is 23.2 Å². The van der Waals surface area contributed by atoms with Gasteiger partial charge in [-0.05, 0) is 73.2 Å². The first-order valence-corrected chi connectivity index (χ1v) is 12.3. The average Bonchev–Trinajstić information content (AvgIpc) is 3.35. The summed E-state index contributed by atoms with van der Waals surface area (Å²) in [5.74, 6) is -1.14. The van der Waals surface area contributed by atoms with E-state index in [1.165, 1.54) is 59.5 Å². The van der Waals surface area contributed by atoms with Gasteiger partial charge in [0, 0.05) is 34.1 Å². The van der Waals surface area contributed by atoms with E-state index in [1.807, 2.05) is 6.07 Å². The smallest absolute Gasteiger partial charge is 0.374 e. The summed E-state index contributed by atoms with van der Waals surface area (Å²) in [6, 6.07) is 15.4. The molecule has 4 rings (SSSR count). The van der Waals surface area contributed by atoms with Gasteiger partial charge in [0.2, 0.25) is 0 Å². The van der Waals surface area contributed by atoms with E-state index in [0.29, 0.717) is 11.1 Å². The topological polar surface area (TPSA) is 65.7 Å². The van der Waals surface area contributed by atoms with Crippen molar-refractivity contribution in [2.75, 3.05) is 11.4 Å². The number of allylic oxidation sites excluding steroid dienone is 1. The summed E-state index contributed by atoms with van der Waals surface area (Å²) in [5.41, 5.74) is -2.05. The second kappa shape index (κ2) is 11.1. The fraction of sp³-hybridized carbons (Fsp3) is 0.179. The summed E-state index contributed by atoms with van der Waals surface area (Å²) in [6.45, 7) is 1.81. The Morgan fingerprint density at radius 3 is 2.36 bits per heavy atom. The molecule has 0 saturated heterocycles. The molecule has 39 heavy (non-hydrogen) atoms. The summed E-state index contributed by atoms with van der Waals surface area (Å²) in [4.78, 5) is 19.2. The molecule has 1 unspecified atom stereocenters. The van der Waals surface area contributed by atoms with E-state index in [9.17, 15) is 22.4 Å². The highest BCUT2D eigenvalue weighted by molar-refractivity contribution is 6.34. The van der Waals surface area contributed by atoms with Gasteiger partial charge in [0.1, 0.15) is 5.82 Å². The van der Waals surface area contributed by atoms with Crippen LogP contribution < -0.4 is 4.90 Å². The number of nitrogens with zero attached hydrogens (tertiary/aromatic N) is 3. The lowest BCUT2D eigenvalue weighted by Gasteiger charge is -2.29. The molecule has 0 aromatic heterocycles. The van der Waals surface area contributed by atoms with Crippen molar-refractivity contribution in [2.45, 2.75) is 25.1 Å². The maximum Gasteiger partial charge on any atom is 0.435 e. The highest BCUT2D eigenvalue weighted by Gasteiger charge is 2.62. The van der Waals surface area contributed by atoms with E-state index in [2.05, 4.69) is 5.16 Å². The van der Waals surface area contributed by atoms with Crippen molar-refractivity contribution in [3.63, 3.8) is 0 Å². The Morgan fingerprint density at radius 1 is 1.10 bits per heavy atom. The molecule has 3 aromatic rings. The predicted octanol–water partition coefficient (Wildman–Crippen LogP) is 7.92. The van der Waals surface area contributed by atoms with Gasteiger partial charge in [0.15, 0.2) is 0 Å². The Kier molecular flexibility index (Phi) is 8.00. The second-order valence-corrected chi connectivity index (χ2v) is 9.49. The van der Waals surface area contributed by atoms with Crippen LogP contribution in [0.25, 0.3) is 6.08 Å². The minimum absolute atomic E-state index is 0.0168. The molecule has 0 N–H and O–H groups in total. The number of hydrogen-bond donors (Lipinski definition) is 0. The molecule has 3 aromatic carbocycles. The summed E-state index contributed by atoms with van der Waals surface area (Å²) in [5, 5.41) is 12.6. The van der Waals surface area contributed by atoms with Crippen LogP contribution in [-0.4, -0.2) is 24.3 Å². The zero-order chi connectivity index (χ0) is 28.4. The van der Waals surface area contributed by atoms with Crippen molar-refractivity contribution < 1.29 is 27.2 Å². The van der Waals surface area contributed by atoms with E-state index in [1.54, 1.807) is 6.92 Å². The van der Waals surface area contributed by atoms with Crippen molar-refractivity contribution in [2.24, 2.45) is 5.16 Å². The molecule has 0 aliphatic carbocycles. The van der Waals surface area contributed by atoms with Crippen molar-refractivity contribution in [1.82, 2.24) is 0 Å². The SMILES string of the molecule is CCN(C(=O)c1ccc(C#N)cc1)c1cc(/C=C/C2=NOC(c3cc(Cl)cc(Cl)c3)(C(F)(F)F)C2)ccc1F. The van der Waals surface area contributed by atoms with Crippen LogP contribution in [0.3, 0.4) is 0 Å². The normalized spacial score (nSPS) is 17.0. The first-order valence-electron chi connectivity index (χ1n) is 11.6. The number of rotatable bonds is 6. The number of halogens is 6. The van der Waals surface area contributed by atoms with Gasteiger partial charge >= 0.3 is 6.18 Å². The van der Waals surface area contributed by atoms with Gasteiger partial charge in [-0.25, -0.2) is 4.39 Å². The Labute approximate surface area is 231 Å². The van der Waals surface area contributed by atoms with Gasteiger partial charge in [-0.2, -0.15) is 18.4 Å². The molecule has 0 bridgehead atoms. The average molecular weight is 576 g/mol. The van der Waals surface area contributed by atoms with Crippen LogP contribution >= 0.6 is 23.2 Å². The van der Waals surface area contributed by atoms with Gasteiger partial charge in [0.05, 0.1) is 23.0 Å². The van der Waals surface area contributed by atoms with Crippen LogP contribution in [0, 0.1) is 17.1 Å². The van der Waals surface area contributed by atoms with E-state index in [0.717, 1.165) is 18.2 Å². The number of oxime groups is 1. The molecule has 1 heterocycles. The highest BCUT2D eigenvalue weighted by Crippen LogP contribution is 2.49.